The fourth-order valence-corrected chi connectivity index (χ4v) is 2.91. The summed E-state index contributed by atoms with van der Waals surface area (Å²) in [5.41, 5.74) is 8.96. The molecule has 1 saturated heterocycles. The van der Waals surface area contributed by atoms with Gasteiger partial charge in [0, 0.05) is 18.7 Å². The zero-order valence-corrected chi connectivity index (χ0v) is 13.9. The van der Waals surface area contributed by atoms with E-state index in [-0.39, 0.29) is 5.91 Å². The van der Waals surface area contributed by atoms with Crippen molar-refractivity contribution < 1.29 is 9.53 Å². The van der Waals surface area contributed by atoms with Crippen molar-refractivity contribution in [3.8, 4) is 5.75 Å². The van der Waals surface area contributed by atoms with E-state index in [1.165, 1.54) is 0 Å². The second kappa shape index (κ2) is 7.25. The third-order valence-electron chi connectivity index (χ3n) is 4.15. The van der Waals surface area contributed by atoms with Crippen LogP contribution < -0.4 is 15.8 Å². The summed E-state index contributed by atoms with van der Waals surface area (Å²) in [5.74, 6) is 0.831. The van der Waals surface area contributed by atoms with Gasteiger partial charge in [0.05, 0.1) is 23.7 Å². The van der Waals surface area contributed by atoms with Gasteiger partial charge in [0.15, 0.2) is 0 Å². The number of nitrogens with one attached hydrogen (secondary N) is 1. The normalized spacial score (nSPS) is 13.8. The maximum atomic E-state index is 12.4. The minimum atomic E-state index is 0.0560. The monoisotopic (exact) mass is 325 g/mol. The van der Waals surface area contributed by atoms with Crippen LogP contribution in [-0.4, -0.2) is 30.5 Å². The van der Waals surface area contributed by atoms with Crippen molar-refractivity contribution >= 4 is 23.0 Å². The average Bonchev–Trinajstić information content (AvgIpc) is 3.12. The van der Waals surface area contributed by atoms with Gasteiger partial charge < -0.3 is 20.7 Å². The summed E-state index contributed by atoms with van der Waals surface area (Å²) in [5, 5.41) is 3.29. The number of carbonyl (C=O) groups is 1. The summed E-state index contributed by atoms with van der Waals surface area (Å²) < 4.78 is 5.61. The van der Waals surface area contributed by atoms with E-state index in [0.717, 1.165) is 43.1 Å². The number of carbonyl (C=O) groups excluding carboxylic acids is 1. The van der Waals surface area contributed by atoms with Crippen molar-refractivity contribution in [3.05, 3.63) is 48.0 Å². The molecule has 3 N–H and O–H groups in total. The van der Waals surface area contributed by atoms with Crippen LogP contribution in [0.15, 0.2) is 42.5 Å². The van der Waals surface area contributed by atoms with Crippen LogP contribution in [0.5, 0.6) is 5.75 Å². The molecule has 1 fully saturated rings. The van der Waals surface area contributed by atoms with Crippen molar-refractivity contribution in [1.29, 1.82) is 0 Å². The second-order valence-corrected chi connectivity index (χ2v) is 5.86. The van der Waals surface area contributed by atoms with E-state index in [2.05, 4.69) is 5.32 Å². The zero-order valence-electron chi connectivity index (χ0n) is 13.9. The molecule has 0 bridgehead atoms. The first-order valence-electron chi connectivity index (χ1n) is 8.36. The first-order chi connectivity index (χ1) is 11.7. The lowest BCUT2D eigenvalue weighted by Gasteiger charge is -2.17. The molecule has 126 valence electrons. The van der Waals surface area contributed by atoms with Gasteiger partial charge >= 0.3 is 0 Å². The highest BCUT2D eigenvalue weighted by Crippen LogP contribution is 2.30. The molecular formula is C19H23N3O2. The van der Waals surface area contributed by atoms with Crippen molar-refractivity contribution in [1.82, 2.24) is 4.90 Å². The highest BCUT2D eigenvalue weighted by molar-refractivity contribution is 5.96. The van der Waals surface area contributed by atoms with E-state index >= 15 is 0 Å². The Balaban J connectivity index is 1.79. The second-order valence-electron chi connectivity index (χ2n) is 5.86. The lowest BCUT2D eigenvalue weighted by Crippen LogP contribution is -2.27. The summed E-state index contributed by atoms with van der Waals surface area (Å²) in [6.45, 7) is 4.21. The third-order valence-corrected chi connectivity index (χ3v) is 4.15. The Bertz CT molecular complexity index is 724. The average molecular weight is 325 g/mol. The number of amides is 1. The molecule has 5 nitrogen and oxygen atoms in total. The lowest BCUT2D eigenvalue weighted by molar-refractivity contribution is 0.0793. The molecule has 3 rings (SSSR count). The highest BCUT2D eigenvalue weighted by atomic mass is 16.5. The maximum absolute atomic E-state index is 12.4. The number of hydrogen-bond donors (Lipinski definition) is 2. The number of likely N-dealkylation sites (tertiary alicyclic amines) is 1. The number of nitrogen functional groups attached to an aromatic ring is 1. The summed E-state index contributed by atoms with van der Waals surface area (Å²) in [6.07, 6.45) is 2.16. The van der Waals surface area contributed by atoms with E-state index < -0.39 is 0 Å². The Labute approximate surface area is 142 Å². The van der Waals surface area contributed by atoms with Crippen LogP contribution in [0.2, 0.25) is 0 Å². The fraction of sp³-hybridized carbons (Fsp3) is 0.316. The number of nitrogens with zero attached hydrogens (tertiary/aromatic N) is 1. The number of ether oxygens (including phenoxy) is 1. The standard InChI is InChI=1S/C19H23N3O2/c1-2-24-18-8-4-3-7-17(18)21-16-10-9-14(13-15(16)20)19(23)22-11-5-6-12-22/h3-4,7-10,13,21H,2,5-6,11-12,20H2,1H3. The van der Waals surface area contributed by atoms with Gasteiger partial charge in [0.25, 0.3) is 5.91 Å². The number of benzene rings is 2. The van der Waals surface area contributed by atoms with Crippen LogP contribution in [0.4, 0.5) is 17.1 Å². The van der Waals surface area contributed by atoms with Gasteiger partial charge in [0.1, 0.15) is 5.75 Å². The fourth-order valence-electron chi connectivity index (χ4n) is 2.91. The molecular weight excluding hydrogens is 302 g/mol. The maximum Gasteiger partial charge on any atom is 0.253 e. The molecule has 0 aromatic heterocycles. The molecule has 24 heavy (non-hydrogen) atoms. The van der Waals surface area contributed by atoms with Gasteiger partial charge in [-0.15, -0.1) is 0 Å². The van der Waals surface area contributed by atoms with E-state index in [0.29, 0.717) is 17.9 Å². The molecule has 5 heteroatoms. The Kier molecular flexibility index (Phi) is 4.89. The van der Waals surface area contributed by atoms with E-state index in [4.69, 9.17) is 10.5 Å². The number of rotatable bonds is 5. The minimum Gasteiger partial charge on any atom is -0.492 e. The summed E-state index contributed by atoms with van der Waals surface area (Å²) in [6, 6.07) is 13.1. The molecule has 0 saturated carbocycles. The molecule has 1 aliphatic rings. The molecule has 0 atom stereocenters. The first-order valence-corrected chi connectivity index (χ1v) is 8.36. The molecule has 2 aromatic carbocycles. The van der Waals surface area contributed by atoms with Crippen LogP contribution >= 0.6 is 0 Å². The largest absolute Gasteiger partial charge is 0.492 e. The van der Waals surface area contributed by atoms with E-state index in [1.54, 1.807) is 6.07 Å². The molecule has 1 aliphatic heterocycles. The van der Waals surface area contributed by atoms with Crippen molar-refractivity contribution in [2.45, 2.75) is 19.8 Å². The molecule has 1 heterocycles. The number of hydrogen-bond acceptors (Lipinski definition) is 4. The topological polar surface area (TPSA) is 67.6 Å². The molecule has 1 amide bonds. The molecule has 2 aromatic rings. The van der Waals surface area contributed by atoms with Crippen molar-refractivity contribution in [3.63, 3.8) is 0 Å². The number of para-hydroxylation sites is 2. The first kappa shape index (κ1) is 16.2. The smallest absolute Gasteiger partial charge is 0.253 e. The molecule has 0 unspecified atom stereocenters. The van der Waals surface area contributed by atoms with Gasteiger partial charge in [0.2, 0.25) is 0 Å². The van der Waals surface area contributed by atoms with Crippen LogP contribution in [0.25, 0.3) is 0 Å². The third kappa shape index (κ3) is 3.45. The van der Waals surface area contributed by atoms with Crippen LogP contribution in [0.3, 0.4) is 0 Å². The van der Waals surface area contributed by atoms with Crippen LogP contribution in [0, 0.1) is 0 Å². The Morgan fingerprint density at radius 2 is 1.92 bits per heavy atom. The quantitative estimate of drug-likeness (QED) is 0.824. The van der Waals surface area contributed by atoms with Crippen molar-refractivity contribution in [2.24, 2.45) is 0 Å². The Morgan fingerprint density at radius 3 is 2.62 bits per heavy atom. The SMILES string of the molecule is CCOc1ccccc1Nc1ccc(C(=O)N2CCCC2)cc1N. The Morgan fingerprint density at radius 1 is 1.17 bits per heavy atom. The number of anilines is 3. The molecule has 0 radical (unpaired) electrons. The predicted octanol–water partition coefficient (Wildman–Crippen LogP) is 3.65. The minimum absolute atomic E-state index is 0.0560. The van der Waals surface area contributed by atoms with E-state index in [1.807, 2.05) is 48.2 Å². The Hall–Kier alpha value is -2.69. The van der Waals surface area contributed by atoms with Gasteiger partial charge in [-0.05, 0) is 50.1 Å². The van der Waals surface area contributed by atoms with Gasteiger partial charge in [-0.3, -0.25) is 4.79 Å². The van der Waals surface area contributed by atoms with Gasteiger partial charge in [-0.1, -0.05) is 12.1 Å². The summed E-state index contributed by atoms with van der Waals surface area (Å²) in [7, 11) is 0. The van der Waals surface area contributed by atoms with E-state index in [9.17, 15) is 4.79 Å². The van der Waals surface area contributed by atoms with Crippen LogP contribution in [-0.2, 0) is 0 Å². The van der Waals surface area contributed by atoms with Crippen molar-refractivity contribution in [2.75, 3.05) is 30.7 Å². The summed E-state index contributed by atoms with van der Waals surface area (Å²) in [4.78, 5) is 14.3. The zero-order chi connectivity index (χ0) is 16.9. The lowest BCUT2D eigenvalue weighted by atomic mass is 10.1. The number of nitrogens with two attached hydrogens (primary N) is 1. The van der Waals surface area contributed by atoms with Crippen LogP contribution in [0.1, 0.15) is 30.1 Å². The van der Waals surface area contributed by atoms with Gasteiger partial charge in [-0.2, -0.15) is 0 Å². The molecule has 0 spiro atoms. The highest BCUT2D eigenvalue weighted by Gasteiger charge is 2.20. The molecule has 0 aliphatic carbocycles. The summed E-state index contributed by atoms with van der Waals surface area (Å²) >= 11 is 0. The predicted molar refractivity (Wildman–Crippen MR) is 96.9 cm³/mol. The van der Waals surface area contributed by atoms with Gasteiger partial charge in [-0.25, -0.2) is 0 Å².